The first-order chi connectivity index (χ1) is 6.90. The molecule has 0 N–H and O–H groups in total. The lowest BCUT2D eigenvalue weighted by Gasteiger charge is -2.15. The van der Waals surface area contributed by atoms with E-state index in [1.807, 2.05) is 11.8 Å². The molecule has 0 aliphatic carbocycles. The van der Waals surface area contributed by atoms with Gasteiger partial charge in [-0.15, -0.1) is 11.8 Å². The van der Waals surface area contributed by atoms with Gasteiger partial charge in [0.15, 0.2) is 0 Å². The topological polar surface area (TPSA) is 17.1 Å². The quantitative estimate of drug-likeness (QED) is 0.707. The number of thioether (sulfide) groups is 1. The fourth-order valence-corrected chi connectivity index (χ4v) is 2.86. The first kappa shape index (κ1) is 9.78. The van der Waals surface area contributed by atoms with Gasteiger partial charge < -0.3 is 4.79 Å². The van der Waals surface area contributed by atoms with Crippen molar-refractivity contribution < 1.29 is 4.79 Å². The lowest BCUT2D eigenvalue weighted by atomic mass is 10.0. The molecule has 74 valence electrons. The van der Waals surface area contributed by atoms with Crippen LogP contribution >= 0.6 is 11.8 Å². The molecule has 0 unspecified atom stereocenters. The molecule has 1 aliphatic heterocycles. The fraction of sp³-hybridized carbons (Fsp3) is 0.417. The third-order valence-electron chi connectivity index (χ3n) is 2.53. The van der Waals surface area contributed by atoms with Gasteiger partial charge in [-0.05, 0) is 42.2 Å². The summed E-state index contributed by atoms with van der Waals surface area (Å²) in [4.78, 5) is 11.7. The highest BCUT2D eigenvalue weighted by Crippen LogP contribution is 2.30. The third kappa shape index (κ3) is 2.18. The highest BCUT2D eigenvalue weighted by atomic mass is 32.2. The zero-order valence-corrected chi connectivity index (χ0v) is 8.98. The second-order valence-electron chi connectivity index (χ2n) is 3.60. The maximum absolute atomic E-state index is 10.3. The Hall–Kier alpha value is -0.760. The molecular formula is C12H14OS. The molecule has 0 saturated carbocycles. The van der Waals surface area contributed by atoms with Gasteiger partial charge >= 0.3 is 0 Å². The van der Waals surface area contributed by atoms with E-state index in [9.17, 15) is 4.79 Å². The summed E-state index contributed by atoms with van der Waals surface area (Å²) in [5, 5.41) is 0. The summed E-state index contributed by atoms with van der Waals surface area (Å²) in [6.07, 6.45) is 5.04. The number of fused-ring (bicyclic) bond motifs is 1. The second kappa shape index (κ2) is 4.65. The first-order valence-electron chi connectivity index (χ1n) is 5.08. The number of carbonyl (C=O) groups is 1. The largest absolute Gasteiger partial charge is 0.303 e. The van der Waals surface area contributed by atoms with E-state index in [1.54, 1.807) is 0 Å². The van der Waals surface area contributed by atoms with Gasteiger partial charge in [0, 0.05) is 11.3 Å². The minimum atomic E-state index is 0.642. The van der Waals surface area contributed by atoms with Crippen LogP contribution in [0.2, 0.25) is 0 Å². The van der Waals surface area contributed by atoms with E-state index in [-0.39, 0.29) is 0 Å². The van der Waals surface area contributed by atoms with Crippen molar-refractivity contribution in [1.82, 2.24) is 0 Å². The molecule has 0 bridgehead atoms. The summed E-state index contributed by atoms with van der Waals surface area (Å²) in [5.41, 5.74) is 2.78. The van der Waals surface area contributed by atoms with Gasteiger partial charge in [0.1, 0.15) is 6.29 Å². The SMILES string of the molecule is O=CCCc1ccc2c(c1)SCCC2. The summed E-state index contributed by atoms with van der Waals surface area (Å²) in [5.74, 6) is 1.24. The molecule has 2 rings (SSSR count). The monoisotopic (exact) mass is 206 g/mol. The molecule has 0 aromatic heterocycles. The molecule has 1 aliphatic rings. The van der Waals surface area contributed by atoms with Crippen molar-refractivity contribution in [3.8, 4) is 0 Å². The van der Waals surface area contributed by atoms with Gasteiger partial charge in [-0.1, -0.05) is 12.1 Å². The van der Waals surface area contributed by atoms with Gasteiger partial charge in [0.25, 0.3) is 0 Å². The van der Waals surface area contributed by atoms with Crippen molar-refractivity contribution in [2.24, 2.45) is 0 Å². The van der Waals surface area contributed by atoms with Crippen LogP contribution in [0.5, 0.6) is 0 Å². The molecule has 1 heterocycles. The summed E-state index contributed by atoms with van der Waals surface area (Å²) < 4.78 is 0. The van der Waals surface area contributed by atoms with Crippen molar-refractivity contribution in [2.75, 3.05) is 5.75 Å². The maximum atomic E-state index is 10.3. The normalized spacial score (nSPS) is 14.9. The Morgan fingerprint density at radius 3 is 3.21 bits per heavy atom. The van der Waals surface area contributed by atoms with Crippen LogP contribution in [0.25, 0.3) is 0 Å². The van der Waals surface area contributed by atoms with E-state index in [0.717, 1.165) is 12.7 Å². The number of hydrogen-bond acceptors (Lipinski definition) is 2. The highest BCUT2D eigenvalue weighted by molar-refractivity contribution is 7.99. The van der Waals surface area contributed by atoms with Crippen LogP contribution in [0, 0.1) is 0 Å². The minimum absolute atomic E-state index is 0.642. The van der Waals surface area contributed by atoms with Gasteiger partial charge in [0.2, 0.25) is 0 Å². The van der Waals surface area contributed by atoms with Gasteiger partial charge in [0.05, 0.1) is 0 Å². The lowest BCUT2D eigenvalue weighted by Crippen LogP contribution is -1.99. The summed E-state index contributed by atoms with van der Waals surface area (Å²) in [6.45, 7) is 0. The zero-order valence-electron chi connectivity index (χ0n) is 8.16. The Balaban J connectivity index is 2.16. The molecule has 0 atom stereocenters. The number of benzene rings is 1. The van der Waals surface area contributed by atoms with E-state index in [4.69, 9.17) is 0 Å². The Morgan fingerprint density at radius 2 is 2.36 bits per heavy atom. The van der Waals surface area contributed by atoms with E-state index in [0.29, 0.717) is 6.42 Å². The van der Waals surface area contributed by atoms with Crippen LogP contribution < -0.4 is 0 Å². The van der Waals surface area contributed by atoms with Crippen molar-refractivity contribution in [3.63, 3.8) is 0 Å². The van der Waals surface area contributed by atoms with Gasteiger partial charge in [-0.2, -0.15) is 0 Å². The molecule has 1 aromatic carbocycles. The summed E-state index contributed by atoms with van der Waals surface area (Å²) >= 11 is 1.95. The van der Waals surface area contributed by atoms with Crippen LogP contribution in [0.3, 0.4) is 0 Å². The number of aryl methyl sites for hydroxylation is 2. The Bertz CT molecular complexity index is 333. The van der Waals surface area contributed by atoms with E-state index in [1.165, 1.54) is 34.6 Å². The predicted molar refractivity (Wildman–Crippen MR) is 59.9 cm³/mol. The molecule has 0 spiro atoms. The van der Waals surface area contributed by atoms with Crippen LogP contribution in [-0.2, 0) is 17.6 Å². The highest BCUT2D eigenvalue weighted by Gasteiger charge is 2.09. The molecule has 0 fully saturated rings. The van der Waals surface area contributed by atoms with E-state index >= 15 is 0 Å². The van der Waals surface area contributed by atoms with E-state index < -0.39 is 0 Å². The predicted octanol–water partition coefficient (Wildman–Crippen LogP) is 2.86. The van der Waals surface area contributed by atoms with Crippen molar-refractivity contribution in [1.29, 1.82) is 0 Å². The van der Waals surface area contributed by atoms with Gasteiger partial charge in [-0.3, -0.25) is 0 Å². The van der Waals surface area contributed by atoms with Gasteiger partial charge in [-0.25, -0.2) is 0 Å². The Morgan fingerprint density at radius 1 is 1.43 bits per heavy atom. The third-order valence-corrected chi connectivity index (χ3v) is 3.71. The Kier molecular flexibility index (Phi) is 3.25. The molecular weight excluding hydrogens is 192 g/mol. The van der Waals surface area contributed by atoms with Crippen molar-refractivity contribution in [3.05, 3.63) is 29.3 Å². The van der Waals surface area contributed by atoms with Crippen LogP contribution in [-0.4, -0.2) is 12.0 Å². The fourth-order valence-electron chi connectivity index (χ4n) is 1.77. The standard InChI is InChI=1S/C12H14OS/c13-7-1-3-10-5-6-11-4-2-8-14-12(11)9-10/h5-7,9H,1-4,8H2. The molecule has 0 radical (unpaired) electrons. The maximum Gasteiger partial charge on any atom is 0.120 e. The van der Waals surface area contributed by atoms with Crippen molar-refractivity contribution >= 4 is 18.0 Å². The number of aldehydes is 1. The number of hydrogen-bond donors (Lipinski definition) is 0. The van der Waals surface area contributed by atoms with Crippen LogP contribution in [0.4, 0.5) is 0 Å². The summed E-state index contributed by atoms with van der Waals surface area (Å²) in [7, 11) is 0. The van der Waals surface area contributed by atoms with Crippen molar-refractivity contribution in [2.45, 2.75) is 30.6 Å². The van der Waals surface area contributed by atoms with Crippen LogP contribution in [0.1, 0.15) is 24.0 Å². The molecule has 2 heteroatoms. The summed E-state index contributed by atoms with van der Waals surface area (Å²) in [6, 6.07) is 6.64. The minimum Gasteiger partial charge on any atom is -0.303 e. The molecule has 14 heavy (non-hydrogen) atoms. The average Bonchev–Trinajstić information content (AvgIpc) is 2.26. The number of carbonyl (C=O) groups excluding carboxylic acids is 1. The molecule has 0 amide bonds. The van der Waals surface area contributed by atoms with Crippen LogP contribution in [0.15, 0.2) is 23.1 Å². The first-order valence-corrected chi connectivity index (χ1v) is 6.07. The smallest absolute Gasteiger partial charge is 0.120 e. The average molecular weight is 206 g/mol. The zero-order chi connectivity index (χ0) is 9.80. The molecule has 1 nitrogen and oxygen atoms in total. The second-order valence-corrected chi connectivity index (χ2v) is 4.74. The lowest BCUT2D eigenvalue weighted by molar-refractivity contribution is -0.107. The molecule has 0 saturated heterocycles. The Labute approximate surface area is 88.9 Å². The van der Waals surface area contributed by atoms with E-state index in [2.05, 4.69) is 18.2 Å². The molecule has 1 aromatic rings. The number of rotatable bonds is 3.